The molecular weight excluding hydrogens is 813 g/mol. The number of rotatable bonds is 39. The number of hydrogen-bond acceptors (Lipinski definition) is 14. The zero-order valence-corrected chi connectivity index (χ0v) is 40.1. The minimum atomic E-state index is -1.48. The van der Waals surface area contributed by atoms with Gasteiger partial charge >= 0.3 is 35.8 Å². The van der Waals surface area contributed by atoms with Crippen molar-refractivity contribution in [3.05, 3.63) is 0 Å². The van der Waals surface area contributed by atoms with Crippen LogP contribution in [-0.4, -0.2) is 92.4 Å². The van der Waals surface area contributed by atoms with Gasteiger partial charge in [-0.3, -0.25) is 28.8 Å². The lowest BCUT2D eigenvalue weighted by Crippen LogP contribution is -2.63. The smallest absolute Gasteiger partial charge is 0.306 e. The van der Waals surface area contributed by atoms with Crippen molar-refractivity contribution in [1.29, 1.82) is 0 Å². The first-order valence-electron chi connectivity index (χ1n) is 24.6. The molecule has 0 radical (unpaired) electrons. The molecule has 0 saturated carbocycles. The summed E-state index contributed by atoms with van der Waals surface area (Å²) < 4.78 is 45.0. The van der Waals surface area contributed by atoms with E-state index >= 15 is 0 Å². The molecule has 0 aromatic heterocycles. The topological polar surface area (TPSA) is 176 Å². The molecule has 1 aliphatic heterocycles. The molecule has 1 aliphatic rings. The van der Waals surface area contributed by atoms with E-state index in [-0.39, 0.29) is 26.1 Å². The third-order valence-corrected chi connectivity index (χ3v) is 11.1. The van der Waals surface area contributed by atoms with Crippen molar-refractivity contribution >= 4 is 35.8 Å². The highest BCUT2D eigenvalue weighted by molar-refractivity contribution is 5.70. The van der Waals surface area contributed by atoms with Crippen molar-refractivity contribution in [3.8, 4) is 0 Å². The third-order valence-electron chi connectivity index (χ3n) is 11.1. The van der Waals surface area contributed by atoms with Gasteiger partial charge in [-0.05, 0) is 12.8 Å². The highest BCUT2D eigenvalue weighted by Crippen LogP contribution is 2.30. The maximum absolute atomic E-state index is 13.1. The minimum absolute atomic E-state index is 0.167. The molecule has 1 saturated heterocycles. The Bertz CT molecular complexity index is 1240. The van der Waals surface area contributed by atoms with E-state index in [4.69, 9.17) is 37.9 Å². The first-order chi connectivity index (χ1) is 30.4. The predicted octanol–water partition coefficient (Wildman–Crippen LogP) is 10.5. The van der Waals surface area contributed by atoms with Crippen molar-refractivity contribution in [3.63, 3.8) is 0 Å². The van der Waals surface area contributed by atoms with Crippen LogP contribution in [0.4, 0.5) is 0 Å². The lowest BCUT2D eigenvalue weighted by Gasteiger charge is -2.44. The second-order valence-corrected chi connectivity index (χ2v) is 17.2. The molecule has 0 N–H and O–H groups in total. The average molecular weight is 899 g/mol. The Balaban J connectivity index is 2.85. The quantitative estimate of drug-likeness (QED) is 0.0323. The van der Waals surface area contributed by atoms with E-state index in [1.165, 1.54) is 122 Å². The van der Waals surface area contributed by atoms with Crippen LogP contribution in [0.5, 0.6) is 0 Å². The number of carbonyl (C=O) groups excluding carboxylic acids is 6. The van der Waals surface area contributed by atoms with E-state index in [1.807, 2.05) is 0 Å². The fraction of sp³-hybridized carbons (Fsp3) is 0.878. The second kappa shape index (κ2) is 38.1. The molecule has 1 heterocycles. The molecule has 14 heteroatoms. The van der Waals surface area contributed by atoms with E-state index in [1.54, 1.807) is 0 Å². The molecular formula is C49H86O14. The summed E-state index contributed by atoms with van der Waals surface area (Å²) in [4.78, 5) is 74.4. The Kier molecular flexibility index (Phi) is 34.9. The number of esters is 6. The van der Waals surface area contributed by atoms with Gasteiger partial charge in [0.05, 0.1) is 6.61 Å². The number of unbranched alkanes of at least 4 members (excludes halogenated alkanes) is 24. The van der Waals surface area contributed by atoms with Crippen LogP contribution >= 0.6 is 0 Å². The summed E-state index contributed by atoms with van der Waals surface area (Å²) in [6.45, 7) is 7.94. The van der Waals surface area contributed by atoms with Gasteiger partial charge in [0.2, 0.25) is 0 Å². The van der Waals surface area contributed by atoms with Gasteiger partial charge in [0.15, 0.2) is 30.7 Å². The van der Waals surface area contributed by atoms with Gasteiger partial charge in [-0.2, -0.15) is 0 Å². The summed E-state index contributed by atoms with van der Waals surface area (Å²) in [6, 6.07) is 0. The van der Waals surface area contributed by atoms with Crippen LogP contribution in [0.15, 0.2) is 0 Å². The summed E-state index contributed by atoms with van der Waals surface area (Å²) in [7, 11) is 0. The molecule has 1 rings (SSSR count). The van der Waals surface area contributed by atoms with Crippen molar-refractivity contribution in [2.75, 3.05) is 19.8 Å². The van der Waals surface area contributed by atoms with E-state index in [2.05, 4.69) is 13.8 Å². The molecule has 14 nitrogen and oxygen atoms in total. The van der Waals surface area contributed by atoms with E-state index in [0.717, 1.165) is 59.3 Å². The fourth-order valence-corrected chi connectivity index (χ4v) is 7.72. The summed E-state index contributed by atoms with van der Waals surface area (Å²) >= 11 is 0. The minimum Gasteiger partial charge on any atom is -0.463 e. The van der Waals surface area contributed by atoms with Crippen molar-refractivity contribution in [2.45, 2.75) is 258 Å². The van der Waals surface area contributed by atoms with Gasteiger partial charge in [-0.1, -0.05) is 168 Å². The van der Waals surface area contributed by atoms with Crippen molar-refractivity contribution < 1.29 is 66.7 Å². The highest BCUT2D eigenvalue weighted by Gasteiger charge is 2.53. The monoisotopic (exact) mass is 899 g/mol. The highest BCUT2D eigenvalue weighted by atomic mass is 16.7. The van der Waals surface area contributed by atoms with Crippen LogP contribution < -0.4 is 0 Å². The molecule has 0 spiro atoms. The van der Waals surface area contributed by atoms with Crippen LogP contribution in [0.2, 0.25) is 0 Å². The number of ether oxygens (including phenoxy) is 8. The lowest BCUT2D eigenvalue weighted by molar-refractivity contribution is -0.311. The molecule has 6 atom stereocenters. The zero-order valence-electron chi connectivity index (χ0n) is 40.1. The standard InChI is InChI=1S/C49H86O14/c1-7-9-11-13-15-17-19-21-23-25-27-29-31-33-44(54)57-35-42(62-45(55)34-32-30-28-26-24-22-20-18-16-14-12-10-8-2)36-58-49-48(61-41(6)53)47(60-40(5)52)46(59-39(4)51)43(63-49)37-56-38(3)50/h42-43,46-49H,7-37H2,1-6H3/t42?,43-,46+,47+,48-,49-/m1/s1. The van der Waals surface area contributed by atoms with E-state index in [0.29, 0.717) is 12.8 Å². The van der Waals surface area contributed by atoms with Crippen molar-refractivity contribution in [2.24, 2.45) is 0 Å². The Morgan fingerprint density at radius 3 is 1.22 bits per heavy atom. The molecule has 0 aromatic rings. The fourth-order valence-electron chi connectivity index (χ4n) is 7.72. The van der Waals surface area contributed by atoms with Gasteiger partial charge in [-0.25, -0.2) is 0 Å². The molecule has 0 amide bonds. The van der Waals surface area contributed by atoms with Gasteiger partial charge in [0.1, 0.15) is 19.3 Å². The van der Waals surface area contributed by atoms with Gasteiger partial charge in [0.25, 0.3) is 0 Å². The molecule has 0 aliphatic carbocycles. The zero-order chi connectivity index (χ0) is 46.5. The summed E-state index contributed by atoms with van der Waals surface area (Å²) in [5, 5.41) is 0. The van der Waals surface area contributed by atoms with Crippen LogP contribution in [0.3, 0.4) is 0 Å². The molecule has 366 valence electrons. The predicted molar refractivity (Wildman–Crippen MR) is 239 cm³/mol. The number of carbonyl (C=O) groups is 6. The van der Waals surface area contributed by atoms with Crippen LogP contribution in [0.1, 0.15) is 221 Å². The van der Waals surface area contributed by atoms with Gasteiger partial charge in [-0.15, -0.1) is 0 Å². The van der Waals surface area contributed by atoms with E-state index < -0.39 is 79.2 Å². The van der Waals surface area contributed by atoms with Crippen LogP contribution in [0.25, 0.3) is 0 Å². The molecule has 63 heavy (non-hydrogen) atoms. The van der Waals surface area contributed by atoms with Crippen LogP contribution in [0, 0.1) is 0 Å². The summed E-state index contributed by atoms with van der Waals surface area (Å²) in [5.41, 5.74) is 0. The largest absolute Gasteiger partial charge is 0.463 e. The third kappa shape index (κ3) is 31.3. The SMILES string of the molecule is CCCCCCCCCCCCCCCC(=O)OCC(CO[C@@H]1O[C@H](COC(C)=O)[C@H](OC(C)=O)[C@H](OC(C)=O)[C@H]1OC(C)=O)OC(=O)CCCCCCCCCCCCCCC. The summed E-state index contributed by atoms with van der Waals surface area (Å²) in [6.07, 6.45) is 23.0. The van der Waals surface area contributed by atoms with E-state index in [9.17, 15) is 28.8 Å². The van der Waals surface area contributed by atoms with Gasteiger partial charge in [0, 0.05) is 40.5 Å². The number of hydrogen-bond donors (Lipinski definition) is 0. The molecule has 0 bridgehead atoms. The first-order valence-corrected chi connectivity index (χ1v) is 24.6. The van der Waals surface area contributed by atoms with Crippen LogP contribution in [-0.2, 0) is 66.7 Å². The summed E-state index contributed by atoms with van der Waals surface area (Å²) in [5.74, 6) is -3.89. The Labute approximate surface area is 379 Å². The molecule has 0 aromatic carbocycles. The van der Waals surface area contributed by atoms with Crippen molar-refractivity contribution in [1.82, 2.24) is 0 Å². The normalized spacial score (nSPS) is 18.9. The maximum atomic E-state index is 13.1. The molecule has 1 unspecified atom stereocenters. The first kappa shape index (κ1) is 57.8. The lowest BCUT2D eigenvalue weighted by atomic mass is 9.98. The Morgan fingerprint density at radius 1 is 0.429 bits per heavy atom. The maximum Gasteiger partial charge on any atom is 0.306 e. The Hall–Kier alpha value is -3.26. The average Bonchev–Trinajstić information content (AvgIpc) is 3.22. The Morgan fingerprint density at radius 2 is 0.810 bits per heavy atom. The second-order valence-electron chi connectivity index (χ2n) is 17.2. The van der Waals surface area contributed by atoms with Gasteiger partial charge < -0.3 is 37.9 Å². The molecule has 1 fully saturated rings.